The minimum atomic E-state index is 0.445. The first-order valence-corrected chi connectivity index (χ1v) is 7.76. The zero-order valence-electron chi connectivity index (χ0n) is 12.0. The van der Waals surface area contributed by atoms with E-state index in [1.807, 2.05) is 0 Å². The van der Waals surface area contributed by atoms with Crippen LogP contribution in [-0.4, -0.2) is 35.6 Å². The molecule has 2 heteroatoms. The van der Waals surface area contributed by atoms with Gasteiger partial charge in [-0.1, -0.05) is 33.6 Å². The Balaban J connectivity index is 2.13. The van der Waals surface area contributed by atoms with E-state index in [2.05, 4.69) is 31.0 Å². The fraction of sp³-hybridized carbons (Fsp3) is 1.00. The predicted molar refractivity (Wildman–Crippen MR) is 74.4 cm³/mol. The summed E-state index contributed by atoms with van der Waals surface area (Å²) in [4.78, 5) is 2.89. The molecule has 0 spiro atoms. The van der Waals surface area contributed by atoms with Crippen LogP contribution in [0.4, 0.5) is 0 Å². The highest BCUT2D eigenvalue weighted by molar-refractivity contribution is 5.00. The van der Waals surface area contributed by atoms with Crippen molar-refractivity contribution >= 4 is 0 Å². The van der Waals surface area contributed by atoms with Gasteiger partial charge in [0, 0.05) is 30.7 Å². The van der Waals surface area contributed by atoms with Gasteiger partial charge in [0.25, 0.3) is 0 Å². The molecule has 0 aromatic rings. The molecule has 0 aromatic carbocycles. The van der Waals surface area contributed by atoms with Crippen molar-refractivity contribution in [3.05, 3.63) is 0 Å². The molecular weight excluding hydrogens is 208 g/mol. The van der Waals surface area contributed by atoms with Crippen molar-refractivity contribution < 1.29 is 0 Å². The van der Waals surface area contributed by atoms with Crippen molar-refractivity contribution in [1.29, 1.82) is 0 Å². The SMILES string of the molecule is CCC1CN(C2CCCC2)C(CC)(CC)CN1. The minimum absolute atomic E-state index is 0.445. The fourth-order valence-electron chi connectivity index (χ4n) is 3.86. The van der Waals surface area contributed by atoms with Crippen LogP contribution in [0.2, 0.25) is 0 Å². The third kappa shape index (κ3) is 2.53. The van der Waals surface area contributed by atoms with Gasteiger partial charge in [0.15, 0.2) is 0 Å². The van der Waals surface area contributed by atoms with Gasteiger partial charge in [-0.3, -0.25) is 4.90 Å². The first-order valence-electron chi connectivity index (χ1n) is 7.76. The van der Waals surface area contributed by atoms with Gasteiger partial charge in [0.1, 0.15) is 0 Å². The molecule has 1 unspecified atom stereocenters. The van der Waals surface area contributed by atoms with Crippen LogP contribution in [0.25, 0.3) is 0 Å². The van der Waals surface area contributed by atoms with E-state index < -0.39 is 0 Å². The van der Waals surface area contributed by atoms with Gasteiger partial charge in [-0.05, 0) is 32.1 Å². The van der Waals surface area contributed by atoms with E-state index >= 15 is 0 Å². The van der Waals surface area contributed by atoms with Crippen LogP contribution in [-0.2, 0) is 0 Å². The molecule has 1 heterocycles. The fourth-order valence-corrected chi connectivity index (χ4v) is 3.86. The number of nitrogens with zero attached hydrogens (tertiary/aromatic N) is 1. The topological polar surface area (TPSA) is 15.3 Å². The summed E-state index contributed by atoms with van der Waals surface area (Å²) in [6.07, 6.45) is 9.65. The van der Waals surface area contributed by atoms with Gasteiger partial charge in [-0.25, -0.2) is 0 Å². The normalized spacial score (nSPS) is 30.9. The maximum Gasteiger partial charge on any atom is 0.0332 e. The Labute approximate surface area is 107 Å². The molecule has 0 bridgehead atoms. The first kappa shape index (κ1) is 13.4. The third-order valence-corrected chi connectivity index (χ3v) is 5.32. The molecule has 1 aliphatic heterocycles. The molecule has 2 rings (SSSR count). The second-order valence-corrected chi connectivity index (χ2v) is 6.01. The quantitative estimate of drug-likeness (QED) is 0.809. The van der Waals surface area contributed by atoms with Crippen molar-refractivity contribution in [3.8, 4) is 0 Å². The molecule has 1 saturated heterocycles. The van der Waals surface area contributed by atoms with Gasteiger partial charge in [0.2, 0.25) is 0 Å². The van der Waals surface area contributed by atoms with Crippen LogP contribution in [0.5, 0.6) is 0 Å². The molecule has 1 atom stereocenters. The Morgan fingerprint density at radius 3 is 2.29 bits per heavy atom. The molecule has 1 saturated carbocycles. The summed E-state index contributed by atoms with van der Waals surface area (Å²) >= 11 is 0. The highest BCUT2D eigenvalue weighted by Crippen LogP contribution is 2.35. The summed E-state index contributed by atoms with van der Waals surface area (Å²) in [7, 11) is 0. The Kier molecular flexibility index (Phi) is 4.48. The van der Waals surface area contributed by atoms with Crippen LogP contribution < -0.4 is 5.32 Å². The molecule has 0 aromatic heterocycles. The zero-order valence-corrected chi connectivity index (χ0v) is 12.0. The van der Waals surface area contributed by atoms with Crippen LogP contribution in [0.15, 0.2) is 0 Å². The lowest BCUT2D eigenvalue weighted by Gasteiger charge is -2.52. The molecule has 100 valence electrons. The average molecular weight is 238 g/mol. The van der Waals surface area contributed by atoms with E-state index in [9.17, 15) is 0 Å². The molecule has 17 heavy (non-hydrogen) atoms. The van der Waals surface area contributed by atoms with Gasteiger partial charge < -0.3 is 5.32 Å². The summed E-state index contributed by atoms with van der Waals surface area (Å²) in [5, 5.41) is 3.77. The Bertz CT molecular complexity index is 229. The standard InChI is InChI=1S/C15H30N2/c1-4-13-11-17(14-9-7-8-10-14)15(5-2,6-3)12-16-13/h13-14,16H,4-12H2,1-3H3. The number of hydrogen-bond acceptors (Lipinski definition) is 2. The average Bonchev–Trinajstić information content (AvgIpc) is 2.91. The summed E-state index contributed by atoms with van der Waals surface area (Å²) < 4.78 is 0. The second kappa shape index (κ2) is 5.71. The smallest absolute Gasteiger partial charge is 0.0332 e. The Morgan fingerprint density at radius 1 is 1.12 bits per heavy atom. The highest BCUT2D eigenvalue weighted by atomic mass is 15.3. The molecule has 1 N–H and O–H groups in total. The lowest BCUT2D eigenvalue weighted by Crippen LogP contribution is -2.66. The zero-order chi connectivity index (χ0) is 12.3. The van der Waals surface area contributed by atoms with Crippen LogP contribution in [0, 0.1) is 0 Å². The van der Waals surface area contributed by atoms with Crippen molar-refractivity contribution in [2.45, 2.75) is 83.3 Å². The minimum Gasteiger partial charge on any atom is -0.311 e. The molecule has 2 aliphatic rings. The van der Waals surface area contributed by atoms with Crippen molar-refractivity contribution in [2.24, 2.45) is 0 Å². The largest absolute Gasteiger partial charge is 0.311 e. The predicted octanol–water partition coefficient (Wildman–Crippen LogP) is 3.17. The summed E-state index contributed by atoms with van der Waals surface area (Å²) in [5.41, 5.74) is 0.445. The van der Waals surface area contributed by atoms with Gasteiger partial charge in [-0.2, -0.15) is 0 Å². The van der Waals surface area contributed by atoms with Crippen LogP contribution >= 0.6 is 0 Å². The van der Waals surface area contributed by atoms with Crippen molar-refractivity contribution in [1.82, 2.24) is 10.2 Å². The number of hydrogen-bond donors (Lipinski definition) is 1. The lowest BCUT2D eigenvalue weighted by molar-refractivity contribution is -0.00349. The van der Waals surface area contributed by atoms with E-state index in [1.165, 1.54) is 58.0 Å². The third-order valence-electron chi connectivity index (χ3n) is 5.32. The first-order chi connectivity index (χ1) is 8.25. The van der Waals surface area contributed by atoms with E-state index in [4.69, 9.17) is 0 Å². The maximum atomic E-state index is 3.77. The van der Waals surface area contributed by atoms with Gasteiger partial charge in [0.05, 0.1) is 0 Å². The van der Waals surface area contributed by atoms with E-state index in [-0.39, 0.29) is 0 Å². The molecular formula is C15H30N2. The molecule has 0 radical (unpaired) electrons. The summed E-state index contributed by atoms with van der Waals surface area (Å²) in [6, 6.07) is 1.60. The number of rotatable bonds is 4. The second-order valence-electron chi connectivity index (χ2n) is 6.01. The van der Waals surface area contributed by atoms with Gasteiger partial charge >= 0.3 is 0 Å². The van der Waals surface area contributed by atoms with E-state index in [0.717, 1.165) is 12.1 Å². The van der Waals surface area contributed by atoms with E-state index in [0.29, 0.717) is 5.54 Å². The van der Waals surface area contributed by atoms with Crippen molar-refractivity contribution in [3.63, 3.8) is 0 Å². The van der Waals surface area contributed by atoms with Gasteiger partial charge in [-0.15, -0.1) is 0 Å². The summed E-state index contributed by atoms with van der Waals surface area (Å²) in [6.45, 7) is 9.55. The van der Waals surface area contributed by atoms with E-state index in [1.54, 1.807) is 0 Å². The van der Waals surface area contributed by atoms with Crippen LogP contribution in [0.3, 0.4) is 0 Å². The monoisotopic (exact) mass is 238 g/mol. The summed E-state index contributed by atoms with van der Waals surface area (Å²) in [5.74, 6) is 0. The maximum absolute atomic E-state index is 3.77. The number of nitrogens with one attached hydrogen (secondary N) is 1. The molecule has 1 aliphatic carbocycles. The van der Waals surface area contributed by atoms with Crippen molar-refractivity contribution in [2.75, 3.05) is 13.1 Å². The molecule has 2 fully saturated rings. The molecule has 2 nitrogen and oxygen atoms in total. The Hall–Kier alpha value is -0.0800. The number of piperazine rings is 1. The lowest BCUT2D eigenvalue weighted by atomic mass is 9.85. The highest BCUT2D eigenvalue weighted by Gasteiger charge is 2.42. The molecule has 0 amide bonds. The van der Waals surface area contributed by atoms with Crippen LogP contribution in [0.1, 0.15) is 65.7 Å². The Morgan fingerprint density at radius 2 is 1.76 bits per heavy atom.